The predicted octanol–water partition coefficient (Wildman–Crippen LogP) is 4.81. The number of halogens is 1. The van der Waals surface area contributed by atoms with Gasteiger partial charge < -0.3 is 29.2 Å². The zero-order valence-electron chi connectivity index (χ0n) is 20.2. The van der Waals surface area contributed by atoms with Crippen LogP contribution in [0.4, 0.5) is 10.2 Å². The molecule has 0 spiro atoms. The Hall–Kier alpha value is -3.63. The molecule has 3 atom stereocenters. The summed E-state index contributed by atoms with van der Waals surface area (Å²) in [6, 6.07) is 14.7. The Bertz CT molecular complexity index is 1510. The minimum absolute atomic E-state index is 0.180. The lowest BCUT2D eigenvalue weighted by Gasteiger charge is -2.38. The van der Waals surface area contributed by atoms with Crippen LogP contribution in [0, 0.1) is 5.82 Å². The molecular weight excluding hydrogens is 499 g/mol. The number of ether oxygens (including phenoxy) is 3. The number of hydrogen-bond acceptors (Lipinski definition) is 8. The van der Waals surface area contributed by atoms with Gasteiger partial charge in [0.1, 0.15) is 17.4 Å². The average Bonchev–Trinajstić information content (AvgIpc) is 3.56. The lowest BCUT2D eigenvalue weighted by Crippen LogP contribution is -2.47. The molecule has 0 amide bonds. The summed E-state index contributed by atoms with van der Waals surface area (Å²) in [4.78, 5) is 30.3. The maximum Gasteiger partial charge on any atom is 0.449 e. The van der Waals surface area contributed by atoms with E-state index in [0.717, 1.165) is 35.4 Å². The van der Waals surface area contributed by atoms with Crippen LogP contribution < -0.4 is 9.64 Å². The van der Waals surface area contributed by atoms with E-state index in [4.69, 9.17) is 14.2 Å². The molecule has 0 radical (unpaired) electrons. The molecule has 2 N–H and O–H groups in total. The Morgan fingerprint density at radius 1 is 1.16 bits per heavy atom. The number of aliphatic hydroxyl groups excluding tert-OH is 1. The summed E-state index contributed by atoms with van der Waals surface area (Å²) in [6.07, 6.45) is 0.427. The van der Waals surface area contributed by atoms with E-state index in [1.807, 2.05) is 24.3 Å². The van der Waals surface area contributed by atoms with Crippen LogP contribution in [0.5, 0.6) is 5.75 Å². The molecule has 2 fully saturated rings. The first-order valence-electron chi connectivity index (χ1n) is 12.1. The molecule has 2 aromatic heterocycles. The van der Waals surface area contributed by atoms with E-state index < -0.39 is 24.0 Å². The van der Waals surface area contributed by atoms with Gasteiger partial charge >= 0.3 is 17.9 Å². The summed E-state index contributed by atoms with van der Waals surface area (Å²) in [6.45, 7) is 4.28. The number of carbonyl (C=O) groups is 2. The van der Waals surface area contributed by atoms with Gasteiger partial charge in [0.05, 0.1) is 5.52 Å². The van der Waals surface area contributed by atoms with E-state index in [1.54, 1.807) is 29.5 Å². The van der Waals surface area contributed by atoms with Crippen LogP contribution in [-0.2, 0) is 19.1 Å². The summed E-state index contributed by atoms with van der Waals surface area (Å²) in [5.74, 6) is -3.33. The minimum Gasteiger partial charge on any atom is -0.418 e. The molecule has 2 aliphatic rings. The predicted molar refractivity (Wildman–Crippen MR) is 136 cm³/mol. The standard InChI is InChI=1S/C27H25FN2O6S/c1-14-11-16(23-12-17-19(28)5-3-8-22(17)37-23)9-10-30(14)24-13-18-20(29-24)6-4-7-21(18)34-27(15(2)31)35-25(32)26(33)36-27/h3-8,12-16,29,31H,9-11H2,1-2H3/t14-,15+,16+/m1/s1. The van der Waals surface area contributed by atoms with E-state index in [-0.39, 0.29) is 11.9 Å². The Morgan fingerprint density at radius 2 is 1.92 bits per heavy atom. The number of carbonyl (C=O) groups excluding carboxylic acids is 2. The molecule has 0 aliphatic carbocycles. The molecular formula is C27H25FN2O6S. The van der Waals surface area contributed by atoms with Crippen molar-refractivity contribution in [1.29, 1.82) is 0 Å². The highest BCUT2D eigenvalue weighted by Gasteiger charge is 2.56. The first kappa shape index (κ1) is 23.7. The Morgan fingerprint density at radius 3 is 2.62 bits per heavy atom. The van der Waals surface area contributed by atoms with Crippen LogP contribution in [0.2, 0.25) is 0 Å². The fourth-order valence-corrected chi connectivity index (χ4v) is 6.43. The summed E-state index contributed by atoms with van der Waals surface area (Å²) >= 11 is 1.67. The van der Waals surface area contributed by atoms with Crippen LogP contribution in [0.3, 0.4) is 0 Å². The van der Waals surface area contributed by atoms with Gasteiger partial charge in [-0.1, -0.05) is 12.1 Å². The third-order valence-electron chi connectivity index (χ3n) is 7.13. The average molecular weight is 525 g/mol. The number of esters is 2. The van der Waals surface area contributed by atoms with E-state index >= 15 is 0 Å². The number of thiophene rings is 1. The Balaban J connectivity index is 1.25. The third-order valence-corrected chi connectivity index (χ3v) is 8.39. The first-order valence-corrected chi connectivity index (χ1v) is 13.0. The number of hydrogen-bond donors (Lipinski definition) is 2. The fraction of sp³-hybridized carbons (Fsp3) is 0.333. The molecule has 2 aromatic carbocycles. The SMILES string of the molecule is C[C@@H]1C[C@@H](c2cc3c(F)cccc3s2)CCN1c1cc2c(OC3([C@H](C)O)OC(=O)C(=O)O3)cccc2[nH]1. The van der Waals surface area contributed by atoms with E-state index in [9.17, 15) is 19.1 Å². The largest absolute Gasteiger partial charge is 0.449 e. The number of benzene rings is 2. The van der Waals surface area contributed by atoms with Crippen LogP contribution >= 0.6 is 11.3 Å². The molecule has 0 bridgehead atoms. The number of aromatic amines is 1. The maximum atomic E-state index is 14.2. The summed E-state index contributed by atoms with van der Waals surface area (Å²) in [5.41, 5.74) is 0.776. The molecule has 192 valence electrons. The van der Waals surface area contributed by atoms with E-state index in [2.05, 4.69) is 16.8 Å². The summed E-state index contributed by atoms with van der Waals surface area (Å²) in [5, 5.41) is 11.6. The topological polar surface area (TPSA) is 101 Å². The van der Waals surface area contributed by atoms with Crippen molar-refractivity contribution in [2.24, 2.45) is 0 Å². The number of aliphatic hydroxyl groups is 1. The fourth-order valence-electron chi connectivity index (χ4n) is 5.20. The molecule has 8 nitrogen and oxygen atoms in total. The minimum atomic E-state index is -2.24. The van der Waals surface area contributed by atoms with Crippen molar-refractivity contribution < 1.29 is 33.3 Å². The molecule has 0 unspecified atom stereocenters. The molecule has 4 heterocycles. The van der Waals surface area contributed by atoms with Crippen molar-refractivity contribution in [2.45, 2.75) is 50.7 Å². The molecule has 10 heteroatoms. The maximum absolute atomic E-state index is 14.2. The van der Waals surface area contributed by atoms with Gasteiger partial charge in [-0.2, -0.15) is 0 Å². The van der Waals surface area contributed by atoms with E-state index in [1.165, 1.54) is 17.9 Å². The van der Waals surface area contributed by atoms with Crippen molar-refractivity contribution in [2.75, 3.05) is 11.4 Å². The quantitative estimate of drug-likeness (QED) is 0.286. The number of rotatable bonds is 5. The zero-order chi connectivity index (χ0) is 25.9. The second kappa shape index (κ2) is 8.74. The Kier molecular flexibility index (Phi) is 5.61. The first-order chi connectivity index (χ1) is 17.7. The second-order valence-electron chi connectivity index (χ2n) is 9.60. The highest BCUT2D eigenvalue weighted by atomic mass is 32.1. The number of nitrogens with one attached hydrogen (secondary N) is 1. The van der Waals surface area contributed by atoms with Crippen molar-refractivity contribution in [3.8, 4) is 5.75 Å². The van der Waals surface area contributed by atoms with E-state index in [0.29, 0.717) is 22.4 Å². The van der Waals surface area contributed by atoms with Gasteiger partial charge in [-0.05, 0) is 69.0 Å². The van der Waals surface area contributed by atoms with Gasteiger partial charge in [0.2, 0.25) is 0 Å². The summed E-state index contributed by atoms with van der Waals surface area (Å²) in [7, 11) is 0. The molecule has 4 aromatic rings. The van der Waals surface area contributed by atoms with Gasteiger partial charge in [0.15, 0.2) is 6.10 Å². The van der Waals surface area contributed by atoms with Gasteiger partial charge in [0, 0.05) is 32.9 Å². The van der Waals surface area contributed by atoms with Gasteiger partial charge in [-0.15, -0.1) is 11.3 Å². The molecule has 2 saturated heterocycles. The number of piperidine rings is 1. The summed E-state index contributed by atoms with van der Waals surface area (Å²) < 4.78 is 31.0. The molecule has 2 aliphatic heterocycles. The normalized spacial score (nSPS) is 22.3. The lowest BCUT2D eigenvalue weighted by molar-refractivity contribution is -0.313. The van der Waals surface area contributed by atoms with Crippen LogP contribution in [0.15, 0.2) is 48.5 Å². The molecule has 0 saturated carbocycles. The Labute approximate surface area is 215 Å². The number of nitrogens with zero attached hydrogens (tertiary/aromatic N) is 1. The van der Waals surface area contributed by atoms with Gasteiger partial charge in [-0.25, -0.2) is 14.0 Å². The van der Waals surface area contributed by atoms with Crippen molar-refractivity contribution in [1.82, 2.24) is 4.98 Å². The smallest absolute Gasteiger partial charge is 0.418 e. The van der Waals surface area contributed by atoms with Crippen molar-refractivity contribution in [3.63, 3.8) is 0 Å². The third kappa shape index (κ3) is 4.00. The van der Waals surface area contributed by atoms with Crippen molar-refractivity contribution >= 4 is 50.1 Å². The van der Waals surface area contributed by atoms with Crippen LogP contribution in [-0.4, -0.2) is 46.7 Å². The number of H-pyrrole nitrogens is 1. The molecule has 6 rings (SSSR count). The highest BCUT2D eigenvalue weighted by molar-refractivity contribution is 7.19. The molecule has 37 heavy (non-hydrogen) atoms. The second-order valence-corrected chi connectivity index (χ2v) is 10.7. The van der Waals surface area contributed by atoms with Crippen molar-refractivity contribution in [3.05, 3.63) is 59.2 Å². The number of anilines is 1. The lowest BCUT2D eigenvalue weighted by atomic mass is 9.90. The number of fused-ring (bicyclic) bond motifs is 2. The number of cyclic esters (lactones) is 2. The van der Waals surface area contributed by atoms with Crippen LogP contribution in [0.25, 0.3) is 21.0 Å². The highest BCUT2D eigenvalue weighted by Crippen LogP contribution is 2.41. The van der Waals surface area contributed by atoms with Gasteiger partial charge in [0.25, 0.3) is 0 Å². The zero-order valence-corrected chi connectivity index (χ0v) is 21.0. The number of aromatic nitrogens is 1. The van der Waals surface area contributed by atoms with Gasteiger partial charge in [-0.3, -0.25) is 0 Å². The monoisotopic (exact) mass is 524 g/mol. The van der Waals surface area contributed by atoms with Crippen LogP contribution in [0.1, 0.15) is 37.5 Å².